The number of aromatic nitrogens is 2. The Labute approximate surface area is 167 Å². The fraction of sp³-hybridized carbons (Fsp3) is 0.524. The van der Waals surface area contributed by atoms with E-state index in [1.54, 1.807) is 4.31 Å². The third kappa shape index (κ3) is 3.91. The highest BCUT2D eigenvalue weighted by Crippen LogP contribution is 2.35. The second-order valence-corrected chi connectivity index (χ2v) is 9.80. The van der Waals surface area contributed by atoms with Crippen LogP contribution in [-0.4, -0.2) is 42.0 Å². The van der Waals surface area contributed by atoms with Crippen LogP contribution in [0, 0.1) is 6.92 Å². The highest BCUT2D eigenvalue weighted by Gasteiger charge is 2.34. The molecule has 4 rings (SSSR count). The van der Waals surface area contributed by atoms with Crippen molar-refractivity contribution in [2.75, 3.05) is 24.2 Å². The molecule has 2 aromatic rings. The van der Waals surface area contributed by atoms with Gasteiger partial charge in [-0.1, -0.05) is 36.8 Å². The highest BCUT2D eigenvalue weighted by molar-refractivity contribution is 7.88. The van der Waals surface area contributed by atoms with Crippen molar-refractivity contribution < 1.29 is 8.42 Å². The first-order valence-corrected chi connectivity index (χ1v) is 11.9. The predicted octanol–water partition coefficient (Wildman–Crippen LogP) is 3.22. The molecule has 1 aromatic carbocycles. The minimum Gasteiger partial charge on any atom is -0.352 e. The number of anilines is 1. The Balaban J connectivity index is 1.71. The molecule has 1 unspecified atom stereocenters. The molecule has 2 aliphatic rings. The maximum atomic E-state index is 12.3. The fourth-order valence-corrected chi connectivity index (χ4v) is 5.50. The van der Waals surface area contributed by atoms with Gasteiger partial charge in [0.15, 0.2) is 0 Å². The van der Waals surface area contributed by atoms with E-state index in [4.69, 9.17) is 9.97 Å². The number of rotatable bonds is 4. The second-order valence-electron chi connectivity index (χ2n) is 7.87. The number of hydrogen-bond donors (Lipinski definition) is 0. The summed E-state index contributed by atoms with van der Waals surface area (Å²) in [6.45, 7) is 4.35. The van der Waals surface area contributed by atoms with Crippen LogP contribution in [0.4, 0.5) is 5.82 Å². The molecule has 6 nitrogen and oxygen atoms in total. The number of piperidine rings is 1. The lowest BCUT2D eigenvalue weighted by atomic mass is 10.0. The monoisotopic (exact) mass is 400 g/mol. The topological polar surface area (TPSA) is 66.4 Å². The Hall–Kier alpha value is -1.99. The van der Waals surface area contributed by atoms with Crippen molar-refractivity contribution in [3.8, 4) is 0 Å². The molecular weight excluding hydrogens is 372 g/mol. The van der Waals surface area contributed by atoms with Gasteiger partial charge in [0.2, 0.25) is 10.0 Å². The first-order valence-electron chi connectivity index (χ1n) is 10.1. The van der Waals surface area contributed by atoms with E-state index < -0.39 is 10.0 Å². The standard InChI is InChI=1S/C21H28N4O2S/c1-16-18-11-8-13-24(15-17-9-4-3-5-10-17)21(18)23-20(22-16)19-12-6-7-14-25(19)28(2,26)27/h3-5,9-10,19H,6-8,11-15H2,1-2H3. The Morgan fingerprint density at radius 3 is 2.61 bits per heavy atom. The maximum Gasteiger partial charge on any atom is 0.211 e. The molecule has 1 aromatic heterocycles. The maximum absolute atomic E-state index is 12.3. The van der Waals surface area contributed by atoms with E-state index in [0.717, 1.165) is 56.7 Å². The van der Waals surface area contributed by atoms with Crippen molar-refractivity contribution in [1.29, 1.82) is 0 Å². The van der Waals surface area contributed by atoms with Crippen LogP contribution in [0.25, 0.3) is 0 Å². The summed E-state index contributed by atoms with van der Waals surface area (Å²) in [4.78, 5) is 12.0. The third-order valence-corrected chi connectivity index (χ3v) is 7.05. The summed E-state index contributed by atoms with van der Waals surface area (Å²) in [5.74, 6) is 1.64. The van der Waals surface area contributed by atoms with Crippen LogP contribution in [0.3, 0.4) is 0 Å². The zero-order valence-electron chi connectivity index (χ0n) is 16.6. The third-order valence-electron chi connectivity index (χ3n) is 5.76. The lowest BCUT2D eigenvalue weighted by Crippen LogP contribution is -2.39. The summed E-state index contributed by atoms with van der Waals surface area (Å²) < 4.78 is 26.2. The van der Waals surface area contributed by atoms with Gasteiger partial charge in [-0.2, -0.15) is 4.31 Å². The van der Waals surface area contributed by atoms with Gasteiger partial charge in [-0.05, 0) is 38.2 Å². The summed E-state index contributed by atoms with van der Waals surface area (Å²) >= 11 is 0. The predicted molar refractivity (Wildman–Crippen MR) is 111 cm³/mol. The molecular formula is C21H28N4O2S. The summed E-state index contributed by atoms with van der Waals surface area (Å²) in [5, 5.41) is 0. The smallest absolute Gasteiger partial charge is 0.211 e. The number of benzene rings is 1. The van der Waals surface area contributed by atoms with E-state index in [0.29, 0.717) is 12.4 Å². The highest BCUT2D eigenvalue weighted by atomic mass is 32.2. The molecule has 1 fully saturated rings. The molecule has 0 radical (unpaired) electrons. The van der Waals surface area contributed by atoms with Crippen LogP contribution >= 0.6 is 0 Å². The van der Waals surface area contributed by atoms with Gasteiger partial charge in [-0.3, -0.25) is 0 Å². The van der Waals surface area contributed by atoms with Gasteiger partial charge in [0, 0.05) is 30.9 Å². The van der Waals surface area contributed by atoms with Crippen molar-refractivity contribution in [2.24, 2.45) is 0 Å². The number of hydrogen-bond acceptors (Lipinski definition) is 5. The summed E-state index contributed by atoms with van der Waals surface area (Å²) in [6.07, 6.45) is 6.04. The molecule has 0 amide bonds. The van der Waals surface area contributed by atoms with Crippen molar-refractivity contribution in [3.63, 3.8) is 0 Å². The van der Waals surface area contributed by atoms with E-state index in [9.17, 15) is 8.42 Å². The molecule has 3 heterocycles. The largest absolute Gasteiger partial charge is 0.352 e. The van der Waals surface area contributed by atoms with Crippen molar-refractivity contribution in [2.45, 2.75) is 51.6 Å². The number of nitrogens with zero attached hydrogens (tertiary/aromatic N) is 4. The second kappa shape index (κ2) is 7.79. The Kier molecular flexibility index (Phi) is 5.38. The summed E-state index contributed by atoms with van der Waals surface area (Å²) in [5.41, 5.74) is 3.44. The molecule has 0 spiro atoms. The summed E-state index contributed by atoms with van der Waals surface area (Å²) in [6, 6.07) is 10.2. The lowest BCUT2D eigenvalue weighted by molar-refractivity contribution is 0.247. The van der Waals surface area contributed by atoms with Gasteiger partial charge >= 0.3 is 0 Å². The zero-order chi connectivity index (χ0) is 19.7. The van der Waals surface area contributed by atoms with E-state index in [1.165, 1.54) is 17.4 Å². The fourth-order valence-electron chi connectivity index (χ4n) is 4.38. The molecule has 0 saturated carbocycles. The van der Waals surface area contributed by atoms with Gasteiger partial charge in [0.1, 0.15) is 11.6 Å². The summed E-state index contributed by atoms with van der Waals surface area (Å²) in [7, 11) is -3.28. The van der Waals surface area contributed by atoms with E-state index >= 15 is 0 Å². The van der Waals surface area contributed by atoms with Crippen LogP contribution in [0.15, 0.2) is 30.3 Å². The molecule has 0 bridgehead atoms. The molecule has 7 heteroatoms. The van der Waals surface area contributed by atoms with Crippen LogP contribution < -0.4 is 4.90 Å². The Morgan fingerprint density at radius 2 is 1.86 bits per heavy atom. The SMILES string of the molecule is Cc1nc(C2CCCCN2S(C)(=O)=O)nc2c1CCCN2Cc1ccccc1. The number of fused-ring (bicyclic) bond motifs is 1. The molecule has 2 aliphatic heterocycles. The zero-order valence-corrected chi connectivity index (χ0v) is 17.5. The van der Waals surface area contributed by atoms with Crippen molar-refractivity contribution >= 4 is 15.8 Å². The van der Waals surface area contributed by atoms with Crippen LogP contribution in [0.2, 0.25) is 0 Å². The first kappa shape index (κ1) is 19.3. The lowest BCUT2D eigenvalue weighted by Gasteiger charge is -2.35. The van der Waals surface area contributed by atoms with Gasteiger partial charge in [-0.25, -0.2) is 18.4 Å². The van der Waals surface area contributed by atoms with Gasteiger partial charge in [0.25, 0.3) is 0 Å². The van der Waals surface area contributed by atoms with E-state index in [2.05, 4.69) is 29.2 Å². The number of sulfonamides is 1. The average Bonchev–Trinajstić information content (AvgIpc) is 2.69. The van der Waals surface area contributed by atoms with E-state index in [1.807, 2.05) is 13.0 Å². The van der Waals surface area contributed by atoms with Gasteiger partial charge < -0.3 is 4.90 Å². The Morgan fingerprint density at radius 1 is 1.07 bits per heavy atom. The minimum atomic E-state index is -3.28. The quantitative estimate of drug-likeness (QED) is 0.788. The van der Waals surface area contributed by atoms with Crippen molar-refractivity contribution in [1.82, 2.24) is 14.3 Å². The molecule has 1 atom stereocenters. The normalized spacial score (nSPS) is 20.8. The molecule has 1 saturated heterocycles. The molecule has 28 heavy (non-hydrogen) atoms. The molecule has 0 N–H and O–H groups in total. The van der Waals surface area contributed by atoms with Crippen LogP contribution in [-0.2, 0) is 23.0 Å². The minimum absolute atomic E-state index is 0.256. The molecule has 150 valence electrons. The van der Waals surface area contributed by atoms with Crippen molar-refractivity contribution in [3.05, 3.63) is 53.0 Å². The number of aryl methyl sites for hydroxylation is 1. The van der Waals surface area contributed by atoms with Crippen LogP contribution in [0.5, 0.6) is 0 Å². The van der Waals surface area contributed by atoms with Gasteiger partial charge in [-0.15, -0.1) is 0 Å². The van der Waals surface area contributed by atoms with Crippen LogP contribution in [0.1, 0.15) is 54.4 Å². The van der Waals surface area contributed by atoms with E-state index in [-0.39, 0.29) is 6.04 Å². The molecule has 0 aliphatic carbocycles. The first-order chi connectivity index (χ1) is 13.4. The average molecular weight is 401 g/mol. The van der Waals surface area contributed by atoms with Gasteiger partial charge in [0.05, 0.1) is 12.3 Å². The Bertz CT molecular complexity index is 946.